The molecule has 4 heteroatoms. The quantitative estimate of drug-likeness (QED) is 0.905. The van der Waals surface area contributed by atoms with Crippen LogP contribution in [0.5, 0.6) is 0 Å². The summed E-state index contributed by atoms with van der Waals surface area (Å²) in [7, 11) is 0. The van der Waals surface area contributed by atoms with Crippen LogP contribution in [0.2, 0.25) is 0 Å². The molecule has 1 saturated heterocycles. The van der Waals surface area contributed by atoms with Gasteiger partial charge in [0.25, 0.3) is 0 Å². The molecule has 20 heavy (non-hydrogen) atoms. The van der Waals surface area contributed by atoms with Gasteiger partial charge in [-0.15, -0.1) is 0 Å². The summed E-state index contributed by atoms with van der Waals surface area (Å²) in [6, 6.07) is 6.77. The van der Waals surface area contributed by atoms with Crippen LogP contribution >= 0.6 is 11.8 Å². The fraction of sp³-hybridized carbons (Fsp3) is 0.562. The minimum absolute atomic E-state index is 0.0280. The van der Waals surface area contributed by atoms with E-state index in [9.17, 15) is 4.79 Å². The first kappa shape index (κ1) is 15.4. The summed E-state index contributed by atoms with van der Waals surface area (Å²) in [5.74, 6) is 1.21. The molecule has 1 N–H and O–H groups in total. The van der Waals surface area contributed by atoms with Crippen molar-refractivity contribution < 1.29 is 4.79 Å². The standard InChI is InChI=1S/C16H24N2OS/c1-5-13(10-20-4)18-15(19)9-17-16(18)14-7-6-11(2)8-12(14)3/h6-8,13,16-17H,5,9-10H2,1-4H3. The van der Waals surface area contributed by atoms with Crippen LogP contribution in [-0.2, 0) is 4.79 Å². The highest BCUT2D eigenvalue weighted by Gasteiger charge is 2.36. The number of carbonyl (C=O) groups is 1. The molecule has 0 saturated carbocycles. The van der Waals surface area contributed by atoms with Gasteiger partial charge in [-0.25, -0.2) is 0 Å². The second-order valence-corrected chi connectivity index (χ2v) is 6.37. The lowest BCUT2D eigenvalue weighted by Crippen LogP contribution is -2.41. The maximum Gasteiger partial charge on any atom is 0.238 e. The molecule has 0 bridgehead atoms. The molecule has 0 spiro atoms. The lowest BCUT2D eigenvalue weighted by atomic mass is 10.0. The number of carbonyl (C=O) groups excluding carboxylic acids is 1. The van der Waals surface area contributed by atoms with E-state index in [4.69, 9.17) is 0 Å². The first-order valence-corrected chi connectivity index (χ1v) is 8.58. The van der Waals surface area contributed by atoms with E-state index in [1.165, 1.54) is 16.7 Å². The van der Waals surface area contributed by atoms with E-state index in [-0.39, 0.29) is 12.1 Å². The zero-order chi connectivity index (χ0) is 14.7. The van der Waals surface area contributed by atoms with Gasteiger partial charge in [0.2, 0.25) is 5.91 Å². The third-order valence-electron chi connectivity index (χ3n) is 3.96. The average molecular weight is 292 g/mol. The molecule has 2 rings (SSSR count). The fourth-order valence-electron chi connectivity index (χ4n) is 2.91. The van der Waals surface area contributed by atoms with Gasteiger partial charge in [-0.1, -0.05) is 30.7 Å². The van der Waals surface area contributed by atoms with Crippen molar-refractivity contribution in [2.45, 2.75) is 39.4 Å². The van der Waals surface area contributed by atoms with E-state index in [1.54, 1.807) is 11.8 Å². The van der Waals surface area contributed by atoms with Crippen molar-refractivity contribution in [3.8, 4) is 0 Å². The molecule has 1 amide bonds. The maximum atomic E-state index is 12.3. The predicted molar refractivity (Wildman–Crippen MR) is 86.0 cm³/mol. The smallest absolute Gasteiger partial charge is 0.238 e. The average Bonchev–Trinajstić information content (AvgIpc) is 2.78. The van der Waals surface area contributed by atoms with Crippen LogP contribution in [0.4, 0.5) is 0 Å². The molecule has 1 aromatic carbocycles. The highest BCUT2D eigenvalue weighted by atomic mass is 32.2. The number of nitrogens with zero attached hydrogens (tertiary/aromatic N) is 1. The van der Waals surface area contributed by atoms with Crippen molar-refractivity contribution in [2.24, 2.45) is 0 Å². The summed E-state index contributed by atoms with van der Waals surface area (Å²) in [6.45, 7) is 6.83. The highest BCUT2D eigenvalue weighted by Crippen LogP contribution is 2.29. The highest BCUT2D eigenvalue weighted by molar-refractivity contribution is 7.98. The lowest BCUT2D eigenvalue weighted by Gasteiger charge is -2.33. The van der Waals surface area contributed by atoms with Gasteiger partial charge in [0.1, 0.15) is 6.17 Å². The molecule has 1 aliphatic rings. The van der Waals surface area contributed by atoms with E-state index in [1.807, 2.05) is 4.90 Å². The molecule has 1 fully saturated rings. The third-order valence-corrected chi connectivity index (χ3v) is 4.67. The Kier molecular flexibility index (Phi) is 5.11. The first-order chi connectivity index (χ1) is 9.58. The Labute approximate surface area is 126 Å². The van der Waals surface area contributed by atoms with E-state index in [0.29, 0.717) is 12.6 Å². The Bertz CT molecular complexity index is 489. The Morgan fingerprint density at radius 2 is 2.20 bits per heavy atom. The van der Waals surface area contributed by atoms with Gasteiger partial charge < -0.3 is 4.90 Å². The molecule has 2 unspecified atom stereocenters. The Morgan fingerprint density at radius 1 is 1.45 bits per heavy atom. The summed E-state index contributed by atoms with van der Waals surface area (Å²) in [6.07, 6.45) is 3.12. The first-order valence-electron chi connectivity index (χ1n) is 7.19. The van der Waals surface area contributed by atoms with E-state index < -0.39 is 0 Å². The Balaban J connectivity index is 2.31. The second-order valence-electron chi connectivity index (χ2n) is 5.46. The minimum Gasteiger partial charge on any atom is -0.318 e. The van der Waals surface area contributed by atoms with Gasteiger partial charge in [-0.2, -0.15) is 11.8 Å². The minimum atomic E-state index is 0.0280. The number of hydrogen-bond donors (Lipinski definition) is 1. The van der Waals surface area contributed by atoms with E-state index >= 15 is 0 Å². The van der Waals surface area contributed by atoms with E-state index in [0.717, 1.165) is 12.2 Å². The molecule has 2 atom stereocenters. The predicted octanol–water partition coefficient (Wildman–Crippen LogP) is 2.88. The van der Waals surface area contributed by atoms with Crippen molar-refractivity contribution in [1.29, 1.82) is 0 Å². The van der Waals surface area contributed by atoms with Crippen molar-refractivity contribution >= 4 is 17.7 Å². The molecular formula is C16H24N2OS. The van der Waals surface area contributed by atoms with Gasteiger partial charge in [-0.05, 0) is 37.7 Å². The summed E-state index contributed by atoms with van der Waals surface area (Å²) in [5, 5.41) is 3.37. The topological polar surface area (TPSA) is 32.3 Å². The summed E-state index contributed by atoms with van der Waals surface area (Å²) >= 11 is 1.81. The van der Waals surface area contributed by atoms with Crippen LogP contribution < -0.4 is 5.32 Å². The zero-order valence-electron chi connectivity index (χ0n) is 12.8. The van der Waals surface area contributed by atoms with Gasteiger partial charge in [0.15, 0.2) is 0 Å². The van der Waals surface area contributed by atoms with Gasteiger partial charge in [0.05, 0.1) is 6.54 Å². The molecule has 0 aromatic heterocycles. The summed E-state index contributed by atoms with van der Waals surface area (Å²) in [4.78, 5) is 14.3. The molecule has 1 heterocycles. The van der Waals surface area contributed by atoms with Crippen LogP contribution in [0, 0.1) is 13.8 Å². The Morgan fingerprint density at radius 3 is 2.80 bits per heavy atom. The van der Waals surface area contributed by atoms with Crippen LogP contribution in [0.15, 0.2) is 18.2 Å². The van der Waals surface area contributed by atoms with Gasteiger partial charge >= 0.3 is 0 Å². The maximum absolute atomic E-state index is 12.3. The zero-order valence-corrected chi connectivity index (χ0v) is 13.6. The number of rotatable bonds is 5. The SMILES string of the molecule is CCC(CSC)N1C(=O)CNC1c1ccc(C)cc1C. The Hall–Kier alpha value is -1.00. The number of thioether (sulfide) groups is 1. The summed E-state index contributed by atoms with van der Waals surface area (Å²) < 4.78 is 0. The monoisotopic (exact) mass is 292 g/mol. The van der Waals surface area contributed by atoms with Crippen molar-refractivity contribution in [2.75, 3.05) is 18.6 Å². The van der Waals surface area contributed by atoms with Crippen molar-refractivity contribution in [3.63, 3.8) is 0 Å². The van der Waals surface area contributed by atoms with Gasteiger partial charge in [-0.3, -0.25) is 10.1 Å². The van der Waals surface area contributed by atoms with Gasteiger partial charge in [0, 0.05) is 11.8 Å². The molecule has 3 nitrogen and oxygen atoms in total. The molecule has 0 aliphatic carbocycles. The van der Waals surface area contributed by atoms with Crippen LogP contribution in [0.25, 0.3) is 0 Å². The molecule has 1 aromatic rings. The molecule has 0 radical (unpaired) electrons. The summed E-state index contributed by atoms with van der Waals surface area (Å²) in [5.41, 5.74) is 3.74. The molecule has 1 aliphatic heterocycles. The number of hydrogen-bond acceptors (Lipinski definition) is 3. The normalized spacial score (nSPS) is 20.5. The number of nitrogens with one attached hydrogen (secondary N) is 1. The second kappa shape index (κ2) is 6.64. The lowest BCUT2D eigenvalue weighted by molar-refractivity contribution is -0.130. The molecular weight excluding hydrogens is 268 g/mol. The van der Waals surface area contributed by atoms with Crippen LogP contribution in [0.3, 0.4) is 0 Å². The van der Waals surface area contributed by atoms with Crippen LogP contribution in [-0.4, -0.2) is 35.4 Å². The number of aryl methyl sites for hydroxylation is 2. The third kappa shape index (κ3) is 3.01. The van der Waals surface area contributed by atoms with Crippen molar-refractivity contribution in [1.82, 2.24) is 10.2 Å². The fourth-order valence-corrected chi connectivity index (χ4v) is 3.69. The number of benzene rings is 1. The van der Waals surface area contributed by atoms with Crippen molar-refractivity contribution in [3.05, 3.63) is 34.9 Å². The van der Waals surface area contributed by atoms with Crippen LogP contribution in [0.1, 0.15) is 36.2 Å². The van der Waals surface area contributed by atoms with E-state index in [2.05, 4.69) is 50.5 Å². The molecule has 110 valence electrons. The largest absolute Gasteiger partial charge is 0.318 e. The number of amides is 1.